The maximum absolute atomic E-state index is 13.3. The topological polar surface area (TPSA) is 213 Å². The molecule has 2 heterocycles. The molecule has 4 amide bonds. The van der Waals surface area contributed by atoms with Crippen molar-refractivity contribution in [1.29, 1.82) is 0 Å². The number of primary amides is 1. The zero-order chi connectivity index (χ0) is 24.7. The van der Waals surface area contributed by atoms with Crippen molar-refractivity contribution in [1.82, 2.24) is 15.1 Å². The van der Waals surface area contributed by atoms with Crippen molar-refractivity contribution >= 4 is 35.6 Å². The molecule has 2 aliphatic heterocycles. The summed E-state index contributed by atoms with van der Waals surface area (Å²) in [7, 11) is 0. The molecule has 7 N–H and O–H groups in total. The molecule has 13 nitrogen and oxygen atoms in total. The predicted molar refractivity (Wildman–Crippen MR) is 112 cm³/mol. The van der Waals surface area contributed by atoms with E-state index >= 15 is 0 Å². The molecule has 2 fully saturated rings. The first-order chi connectivity index (χ1) is 15.5. The van der Waals surface area contributed by atoms with E-state index < -0.39 is 59.7 Å². The second kappa shape index (κ2) is 11.6. The van der Waals surface area contributed by atoms with E-state index in [9.17, 15) is 33.9 Å². The molecule has 0 spiro atoms. The van der Waals surface area contributed by atoms with Crippen LogP contribution in [0.2, 0.25) is 0 Å². The van der Waals surface area contributed by atoms with Crippen LogP contribution in [0.3, 0.4) is 0 Å². The van der Waals surface area contributed by atoms with E-state index in [1.165, 1.54) is 9.80 Å². The summed E-state index contributed by atoms with van der Waals surface area (Å²) in [6.07, 6.45) is 0.948. The normalized spacial score (nSPS) is 22.0. The lowest BCUT2D eigenvalue weighted by Crippen LogP contribution is -2.57. The first-order valence-electron chi connectivity index (χ1n) is 10.9. The van der Waals surface area contributed by atoms with Gasteiger partial charge in [-0.05, 0) is 38.5 Å². The molecule has 0 aromatic rings. The van der Waals surface area contributed by atoms with Crippen molar-refractivity contribution in [2.75, 3.05) is 13.1 Å². The molecular weight excluding hydrogens is 438 g/mol. The maximum Gasteiger partial charge on any atom is 0.326 e. The lowest BCUT2D eigenvalue weighted by Gasteiger charge is -2.32. The van der Waals surface area contributed by atoms with Crippen molar-refractivity contribution < 1.29 is 39.0 Å². The zero-order valence-corrected chi connectivity index (χ0v) is 18.3. The number of nitrogens with one attached hydrogen (secondary N) is 1. The third-order valence-corrected chi connectivity index (χ3v) is 5.94. The molecule has 13 heteroatoms. The van der Waals surface area contributed by atoms with Gasteiger partial charge in [-0.15, -0.1) is 0 Å². The van der Waals surface area contributed by atoms with Crippen LogP contribution in [-0.4, -0.2) is 92.8 Å². The third kappa shape index (κ3) is 6.88. The van der Waals surface area contributed by atoms with Gasteiger partial charge in [0.05, 0.1) is 6.04 Å². The Morgan fingerprint density at radius 1 is 0.909 bits per heavy atom. The van der Waals surface area contributed by atoms with Crippen LogP contribution in [0.25, 0.3) is 0 Å². The summed E-state index contributed by atoms with van der Waals surface area (Å²) in [5.74, 6) is -4.72. The van der Waals surface area contributed by atoms with Gasteiger partial charge < -0.3 is 36.8 Å². The molecule has 2 aliphatic rings. The Balaban J connectivity index is 2.13. The molecular formula is C20H31N5O8. The van der Waals surface area contributed by atoms with Gasteiger partial charge in [-0.1, -0.05) is 0 Å². The van der Waals surface area contributed by atoms with Crippen LogP contribution >= 0.6 is 0 Å². The average Bonchev–Trinajstić information content (AvgIpc) is 3.43. The van der Waals surface area contributed by atoms with Crippen LogP contribution in [0.4, 0.5) is 0 Å². The Labute approximate surface area is 190 Å². The Morgan fingerprint density at radius 3 is 2.09 bits per heavy atom. The lowest BCUT2D eigenvalue weighted by molar-refractivity contribution is -0.152. The number of carboxylic acids is 2. The summed E-state index contributed by atoms with van der Waals surface area (Å²) in [5, 5.41) is 20.6. The number of nitrogens with two attached hydrogens (primary N) is 2. The van der Waals surface area contributed by atoms with E-state index in [1.54, 1.807) is 0 Å². The lowest BCUT2D eigenvalue weighted by atomic mass is 10.1. The van der Waals surface area contributed by atoms with Crippen LogP contribution in [0, 0.1) is 0 Å². The SMILES string of the molecule is NC(=O)CCC(NC(=O)C(N)CCC(=O)O)C(=O)N1CCCC1C(=O)N1CCCC1C(=O)O. The number of rotatable bonds is 11. The number of nitrogens with zero attached hydrogens (tertiary/aromatic N) is 2. The van der Waals surface area contributed by atoms with Gasteiger partial charge in [0, 0.05) is 25.9 Å². The molecule has 0 aliphatic carbocycles. The van der Waals surface area contributed by atoms with Crippen molar-refractivity contribution in [3.63, 3.8) is 0 Å². The Bertz CT molecular complexity index is 803. The first-order valence-corrected chi connectivity index (χ1v) is 10.9. The number of amides is 4. The molecule has 4 atom stereocenters. The van der Waals surface area contributed by atoms with Gasteiger partial charge in [0.25, 0.3) is 0 Å². The molecule has 2 saturated heterocycles. The smallest absolute Gasteiger partial charge is 0.326 e. The molecule has 2 rings (SSSR count). The molecule has 0 bridgehead atoms. The van der Waals surface area contributed by atoms with E-state index in [-0.39, 0.29) is 38.8 Å². The minimum absolute atomic E-state index is 0.121. The van der Waals surface area contributed by atoms with E-state index in [0.29, 0.717) is 25.7 Å². The average molecular weight is 469 g/mol. The summed E-state index contributed by atoms with van der Waals surface area (Å²) < 4.78 is 0. The molecule has 0 aromatic carbocycles. The Morgan fingerprint density at radius 2 is 1.52 bits per heavy atom. The summed E-state index contributed by atoms with van der Waals surface area (Å²) in [6.45, 7) is 0.517. The third-order valence-electron chi connectivity index (χ3n) is 5.94. The highest BCUT2D eigenvalue weighted by Crippen LogP contribution is 2.26. The fourth-order valence-corrected chi connectivity index (χ4v) is 4.20. The zero-order valence-electron chi connectivity index (χ0n) is 18.3. The maximum atomic E-state index is 13.3. The highest BCUT2D eigenvalue weighted by molar-refractivity contribution is 5.95. The number of hydrogen-bond acceptors (Lipinski definition) is 7. The highest BCUT2D eigenvalue weighted by atomic mass is 16.4. The van der Waals surface area contributed by atoms with E-state index in [4.69, 9.17) is 16.6 Å². The van der Waals surface area contributed by atoms with Crippen molar-refractivity contribution in [2.45, 2.75) is 75.5 Å². The van der Waals surface area contributed by atoms with E-state index in [2.05, 4.69) is 5.32 Å². The Kier molecular flexibility index (Phi) is 9.14. The molecule has 0 aromatic heterocycles. The van der Waals surface area contributed by atoms with Crippen molar-refractivity contribution in [3.8, 4) is 0 Å². The number of carbonyl (C=O) groups is 6. The predicted octanol–water partition coefficient (Wildman–Crippen LogP) is -2.00. The summed E-state index contributed by atoms with van der Waals surface area (Å²) in [4.78, 5) is 74.8. The largest absolute Gasteiger partial charge is 0.481 e. The fourth-order valence-electron chi connectivity index (χ4n) is 4.20. The molecule has 184 valence electrons. The summed E-state index contributed by atoms with van der Waals surface area (Å²) >= 11 is 0. The van der Waals surface area contributed by atoms with Crippen LogP contribution in [0.1, 0.15) is 51.4 Å². The summed E-state index contributed by atoms with van der Waals surface area (Å²) in [5.41, 5.74) is 10.9. The van der Waals surface area contributed by atoms with Crippen LogP contribution in [0.15, 0.2) is 0 Å². The van der Waals surface area contributed by atoms with Gasteiger partial charge in [0.15, 0.2) is 0 Å². The standard InChI is InChI=1S/C20H31N5O8/c21-11(5-8-16(27)28)17(29)23-12(6-7-15(22)26)18(30)24-9-1-3-13(24)19(31)25-10-2-4-14(25)20(32)33/h11-14H,1-10,21H2,(H2,22,26)(H,23,29)(H,27,28)(H,32,33). The first kappa shape index (κ1) is 26.0. The quantitative estimate of drug-likeness (QED) is 0.226. The van der Waals surface area contributed by atoms with Gasteiger partial charge >= 0.3 is 11.9 Å². The number of hydrogen-bond donors (Lipinski definition) is 5. The van der Waals surface area contributed by atoms with Crippen LogP contribution < -0.4 is 16.8 Å². The fraction of sp³-hybridized carbons (Fsp3) is 0.700. The van der Waals surface area contributed by atoms with E-state index in [0.717, 1.165) is 0 Å². The van der Waals surface area contributed by atoms with Gasteiger partial charge in [-0.2, -0.15) is 0 Å². The van der Waals surface area contributed by atoms with Crippen molar-refractivity contribution in [2.24, 2.45) is 11.5 Å². The molecule has 0 saturated carbocycles. The van der Waals surface area contributed by atoms with Gasteiger partial charge in [0.2, 0.25) is 23.6 Å². The van der Waals surface area contributed by atoms with Crippen molar-refractivity contribution in [3.05, 3.63) is 0 Å². The Hall–Kier alpha value is -3.22. The number of carbonyl (C=O) groups excluding carboxylic acids is 4. The van der Waals surface area contributed by atoms with Crippen LogP contribution in [0.5, 0.6) is 0 Å². The van der Waals surface area contributed by atoms with Gasteiger partial charge in [-0.25, -0.2) is 4.79 Å². The number of aliphatic carboxylic acids is 2. The second-order valence-electron chi connectivity index (χ2n) is 8.32. The van der Waals surface area contributed by atoms with E-state index in [1.807, 2.05) is 0 Å². The van der Waals surface area contributed by atoms with Crippen LogP contribution in [-0.2, 0) is 28.8 Å². The minimum Gasteiger partial charge on any atom is -0.481 e. The molecule has 0 radical (unpaired) electrons. The molecule has 4 unspecified atom stereocenters. The second-order valence-corrected chi connectivity index (χ2v) is 8.32. The minimum atomic E-state index is -1.19. The van der Waals surface area contributed by atoms with Gasteiger partial charge in [-0.3, -0.25) is 24.0 Å². The van der Waals surface area contributed by atoms with Gasteiger partial charge in [0.1, 0.15) is 18.1 Å². The summed E-state index contributed by atoms with van der Waals surface area (Å²) in [6, 6.07) is -4.18. The molecule has 33 heavy (non-hydrogen) atoms. The monoisotopic (exact) mass is 469 g/mol. The highest BCUT2D eigenvalue weighted by Gasteiger charge is 2.43. The number of likely N-dealkylation sites (tertiary alicyclic amines) is 2. The number of carboxylic acid groups (broad SMARTS) is 2.